The van der Waals surface area contributed by atoms with Crippen molar-refractivity contribution in [2.24, 2.45) is 0 Å². The fourth-order valence-electron chi connectivity index (χ4n) is 9.90. The summed E-state index contributed by atoms with van der Waals surface area (Å²) in [6, 6.07) is 13.9. The summed E-state index contributed by atoms with van der Waals surface area (Å²) >= 11 is 0. The van der Waals surface area contributed by atoms with Gasteiger partial charge in [-0.3, -0.25) is 19.6 Å². The van der Waals surface area contributed by atoms with Crippen LogP contribution in [0.15, 0.2) is 61.4 Å². The fraction of sp³-hybridized carbons (Fsp3) is 0.560. The van der Waals surface area contributed by atoms with Crippen LogP contribution in [0.2, 0.25) is 0 Å². The van der Waals surface area contributed by atoms with Gasteiger partial charge in [-0.15, -0.1) is 0 Å². The van der Waals surface area contributed by atoms with Crippen molar-refractivity contribution in [3.63, 3.8) is 0 Å². The topological polar surface area (TPSA) is 169 Å². The maximum atomic E-state index is 10.3. The zero-order chi connectivity index (χ0) is 48.1. The summed E-state index contributed by atoms with van der Waals surface area (Å²) in [7, 11) is 0. The summed E-state index contributed by atoms with van der Waals surface area (Å²) in [5, 5.41) is 29.4. The molecule has 0 unspecified atom stereocenters. The summed E-state index contributed by atoms with van der Waals surface area (Å²) in [5.41, 5.74) is 4.62. The van der Waals surface area contributed by atoms with Crippen molar-refractivity contribution in [1.82, 2.24) is 68.2 Å². The van der Waals surface area contributed by atoms with E-state index in [-0.39, 0.29) is 24.2 Å². The third-order valence-corrected chi connectivity index (χ3v) is 14.0. The maximum Gasteiger partial charge on any atom is 0.178 e. The smallest absolute Gasteiger partial charge is 0.178 e. The number of aliphatic hydroxyl groups is 2. The van der Waals surface area contributed by atoms with Gasteiger partial charge < -0.3 is 28.8 Å². The zero-order valence-corrected chi connectivity index (χ0v) is 41.5. The Kier molecular flexibility index (Phi) is 13.4. The molecule has 364 valence electrons. The molecule has 2 fully saturated rings. The molecule has 0 spiro atoms. The van der Waals surface area contributed by atoms with E-state index in [0.717, 1.165) is 123 Å². The maximum absolute atomic E-state index is 10.3. The van der Waals surface area contributed by atoms with E-state index in [0.29, 0.717) is 13.2 Å². The molecule has 68 heavy (non-hydrogen) atoms. The Bertz CT molecular complexity index is 2490. The SMILES string of the molecule is CC(C)n1ncnc1-c1cn2c(n1)-c1cc([C@@H](C)N3CCN(C(C)(C)O)CC3)ccc1OCC2.CC(C)n1ncnc1-c1cn2c(n1)-c1cc([C@H](C)N3CCN(C(C)(C)O)CC3)ccc1OCC2. The van der Waals surface area contributed by atoms with Crippen LogP contribution in [0.5, 0.6) is 11.5 Å². The number of piperazine rings is 2. The van der Waals surface area contributed by atoms with Crippen molar-refractivity contribution >= 4 is 0 Å². The molecule has 8 heterocycles. The molecule has 0 amide bonds. The first-order valence-electron chi connectivity index (χ1n) is 24.4. The van der Waals surface area contributed by atoms with Crippen molar-refractivity contribution in [2.75, 3.05) is 65.6 Å². The van der Waals surface area contributed by atoms with Crippen molar-refractivity contribution in [1.29, 1.82) is 0 Å². The number of aromatic nitrogens is 10. The van der Waals surface area contributed by atoms with Crippen LogP contribution in [-0.4, -0.2) is 155 Å². The molecule has 6 aromatic rings. The normalized spacial score (nSPS) is 18.3. The predicted molar refractivity (Wildman–Crippen MR) is 261 cm³/mol. The molecule has 2 N–H and O–H groups in total. The zero-order valence-electron chi connectivity index (χ0n) is 41.5. The molecule has 10 rings (SSSR count). The molecule has 2 saturated heterocycles. The molecule has 0 saturated carbocycles. The number of hydrogen-bond donors (Lipinski definition) is 2. The van der Waals surface area contributed by atoms with Gasteiger partial charge in [0.1, 0.15) is 71.9 Å². The Hall–Kier alpha value is -5.50. The van der Waals surface area contributed by atoms with E-state index in [1.807, 2.05) is 37.1 Å². The molecule has 4 aliphatic rings. The van der Waals surface area contributed by atoms with Crippen LogP contribution in [0.1, 0.15) is 105 Å². The van der Waals surface area contributed by atoms with E-state index in [2.05, 4.69) is 139 Å². The van der Waals surface area contributed by atoms with Gasteiger partial charge in [0.15, 0.2) is 11.6 Å². The second-order valence-corrected chi connectivity index (χ2v) is 20.1. The molecular formula is C50H70N14O4. The third kappa shape index (κ3) is 9.71. The van der Waals surface area contributed by atoms with Crippen LogP contribution in [0.4, 0.5) is 0 Å². The number of fused-ring (bicyclic) bond motifs is 6. The standard InChI is InChI=1S/2C25H35N7O2/c2*1-17(2)32-24(26-16-27-32)21-15-30-12-13-34-22-7-6-19(14-20(22)23(30)28-21)18(3)29-8-10-31(11-9-29)25(4,5)33/h2*6-7,14-18,33H,8-13H2,1-5H3/t2*18-/m10/s1. The van der Waals surface area contributed by atoms with E-state index >= 15 is 0 Å². The summed E-state index contributed by atoms with van der Waals surface area (Å²) < 4.78 is 20.3. The molecule has 0 bridgehead atoms. The summed E-state index contributed by atoms with van der Waals surface area (Å²) in [6.45, 7) is 30.1. The molecular weight excluding hydrogens is 861 g/mol. The van der Waals surface area contributed by atoms with Gasteiger partial charge in [-0.2, -0.15) is 10.2 Å². The molecule has 0 aliphatic carbocycles. The van der Waals surface area contributed by atoms with Crippen LogP contribution in [0.25, 0.3) is 45.8 Å². The molecule has 4 aromatic heterocycles. The average Bonchev–Trinajstić information content (AvgIpc) is 4.13. The molecule has 18 nitrogen and oxygen atoms in total. The highest BCUT2D eigenvalue weighted by Gasteiger charge is 2.32. The van der Waals surface area contributed by atoms with Crippen molar-refractivity contribution in [3.8, 4) is 57.3 Å². The van der Waals surface area contributed by atoms with E-state index in [4.69, 9.17) is 19.4 Å². The van der Waals surface area contributed by atoms with Crippen molar-refractivity contribution < 1.29 is 19.7 Å². The molecule has 4 aliphatic heterocycles. The Morgan fingerprint density at radius 3 is 1.25 bits per heavy atom. The van der Waals surface area contributed by atoms with Crippen molar-refractivity contribution in [2.45, 2.75) is 118 Å². The predicted octanol–water partition coefficient (Wildman–Crippen LogP) is 6.38. The van der Waals surface area contributed by atoms with Crippen LogP contribution < -0.4 is 9.47 Å². The lowest BCUT2D eigenvalue weighted by Gasteiger charge is -2.43. The fourth-order valence-corrected chi connectivity index (χ4v) is 9.90. The van der Waals surface area contributed by atoms with Gasteiger partial charge in [0, 0.05) is 88.9 Å². The number of hydrogen-bond acceptors (Lipinski definition) is 14. The Morgan fingerprint density at radius 2 is 0.897 bits per heavy atom. The van der Waals surface area contributed by atoms with E-state index in [1.54, 1.807) is 12.7 Å². The third-order valence-electron chi connectivity index (χ3n) is 14.0. The second kappa shape index (κ2) is 19.1. The highest BCUT2D eigenvalue weighted by atomic mass is 16.5. The lowest BCUT2D eigenvalue weighted by Crippen LogP contribution is -2.54. The van der Waals surface area contributed by atoms with Gasteiger partial charge in [0.05, 0.1) is 24.2 Å². The summed E-state index contributed by atoms with van der Waals surface area (Å²) in [6.07, 6.45) is 7.30. The van der Waals surface area contributed by atoms with Crippen LogP contribution >= 0.6 is 0 Å². The van der Waals surface area contributed by atoms with Gasteiger partial charge in [0.25, 0.3) is 0 Å². The first-order chi connectivity index (χ1) is 32.4. The average molecular weight is 931 g/mol. The number of rotatable bonds is 10. The first-order valence-corrected chi connectivity index (χ1v) is 24.4. The Balaban J connectivity index is 0.000000170. The van der Waals surface area contributed by atoms with E-state index in [1.165, 1.54) is 11.1 Å². The van der Waals surface area contributed by atoms with Gasteiger partial charge in [-0.05, 0) is 105 Å². The quantitative estimate of drug-likeness (QED) is 0.155. The van der Waals surface area contributed by atoms with Gasteiger partial charge in [0.2, 0.25) is 0 Å². The Labute approximate surface area is 400 Å². The number of benzene rings is 2. The Morgan fingerprint density at radius 1 is 0.515 bits per heavy atom. The van der Waals surface area contributed by atoms with Gasteiger partial charge in [-0.1, -0.05) is 12.1 Å². The highest BCUT2D eigenvalue weighted by Crippen LogP contribution is 2.39. The lowest BCUT2D eigenvalue weighted by atomic mass is 10.0. The van der Waals surface area contributed by atoms with Crippen LogP contribution in [0.3, 0.4) is 0 Å². The second-order valence-electron chi connectivity index (χ2n) is 20.1. The molecule has 0 radical (unpaired) electrons. The number of nitrogens with zero attached hydrogens (tertiary/aromatic N) is 14. The van der Waals surface area contributed by atoms with E-state index in [9.17, 15) is 10.2 Å². The monoisotopic (exact) mass is 931 g/mol. The minimum atomic E-state index is -0.772. The highest BCUT2D eigenvalue weighted by molar-refractivity contribution is 5.70. The first kappa shape index (κ1) is 47.6. The van der Waals surface area contributed by atoms with Gasteiger partial charge >= 0.3 is 0 Å². The largest absolute Gasteiger partial charge is 0.491 e. The van der Waals surface area contributed by atoms with Crippen LogP contribution in [0, 0.1) is 0 Å². The number of imidazole rings is 2. The van der Waals surface area contributed by atoms with Crippen molar-refractivity contribution in [3.05, 3.63) is 72.6 Å². The van der Waals surface area contributed by atoms with E-state index < -0.39 is 11.4 Å². The summed E-state index contributed by atoms with van der Waals surface area (Å²) in [5.74, 6) is 5.11. The number of ether oxygens (including phenoxy) is 2. The summed E-state index contributed by atoms with van der Waals surface area (Å²) in [4.78, 5) is 28.2. The minimum absolute atomic E-state index is 0.207. The molecule has 2 aromatic carbocycles. The molecule has 2 atom stereocenters. The lowest BCUT2D eigenvalue weighted by molar-refractivity contribution is -0.0998. The van der Waals surface area contributed by atoms with Gasteiger partial charge in [-0.25, -0.2) is 29.3 Å². The van der Waals surface area contributed by atoms with Crippen LogP contribution in [-0.2, 0) is 13.1 Å². The minimum Gasteiger partial charge on any atom is -0.491 e. The molecule has 18 heteroatoms.